The highest BCUT2D eigenvalue weighted by Crippen LogP contribution is 2.17. The summed E-state index contributed by atoms with van der Waals surface area (Å²) >= 11 is 0. The molecule has 0 aliphatic carbocycles. The Hall–Kier alpha value is -3.46. The lowest BCUT2D eigenvalue weighted by Gasteiger charge is -2.10. The highest BCUT2D eigenvalue weighted by Gasteiger charge is 2.16. The van der Waals surface area contributed by atoms with E-state index in [-0.39, 0.29) is 23.2 Å². The molecule has 168 valence electrons. The van der Waals surface area contributed by atoms with Crippen molar-refractivity contribution in [3.63, 3.8) is 0 Å². The molecule has 0 aliphatic heterocycles. The Morgan fingerprint density at radius 1 is 0.938 bits per heavy atom. The van der Waals surface area contributed by atoms with Crippen LogP contribution < -0.4 is 14.8 Å². The molecule has 2 aromatic carbocycles. The maximum absolute atomic E-state index is 12.6. The third-order valence-electron chi connectivity index (χ3n) is 4.49. The molecule has 3 aromatic rings. The van der Waals surface area contributed by atoms with Crippen molar-refractivity contribution in [3.05, 3.63) is 71.5 Å². The van der Waals surface area contributed by atoms with E-state index in [2.05, 4.69) is 20.0 Å². The van der Waals surface area contributed by atoms with Gasteiger partial charge in [-0.2, -0.15) is 0 Å². The van der Waals surface area contributed by atoms with Crippen molar-refractivity contribution in [1.29, 1.82) is 0 Å². The van der Waals surface area contributed by atoms with Gasteiger partial charge in [0.05, 0.1) is 11.5 Å². The molecule has 0 spiro atoms. The zero-order valence-corrected chi connectivity index (χ0v) is 19.1. The number of anilines is 2. The molecule has 0 bridgehead atoms. The summed E-state index contributed by atoms with van der Waals surface area (Å²) in [5.74, 6) is 0.621. The predicted molar refractivity (Wildman–Crippen MR) is 123 cm³/mol. The predicted octanol–water partition coefficient (Wildman–Crippen LogP) is 4.00. The number of carbonyl (C=O) groups excluding carboxylic acids is 1. The zero-order chi connectivity index (χ0) is 23.1. The molecule has 2 N–H and O–H groups in total. The highest BCUT2D eigenvalue weighted by atomic mass is 32.2. The number of hydrogen-bond donors (Lipinski definition) is 2. The van der Waals surface area contributed by atoms with E-state index in [1.807, 2.05) is 31.2 Å². The Morgan fingerprint density at radius 2 is 1.56 bits per heavy atom. The number of nitrogens with zero attached hydrogens (tertiary/aromatic N) is 2. The fraction of sp³-hybridized carbons (Fsp3) is 0.261. The van der Waals surface area contributed by atoms with Crippen LogP contribution in [0, 0.1) is 20.8 Å². The summed E-state index contributed by atoms with van der Waals surface area (Å²) in [6, 6.07) is 15.4. The largest absolute Gasteiger partial charge is 0.494 e. The second-order valence-electron chi connectivity index (χ2n) is 7.42. The molecule has 9 heteroatoms. The Bertz CT molecular complexity index is 1160. The number of ether oxygens (including phenoxy) is 1. The lowest BCUT2D eigenvalue weighted by molar-refractivity contribution is -0.116. The van der Waals surface area contributed by atoms with Crippen LogP contribution in [-0.2, 0) is 14.8 Å². The minimum Gasteiger partial charge on any atom is -0.494 e. The Labute approximate surface area is 188 Å². The van der Waals surface area contributed by atoms with Gasteiger partial charge in [0.15, 0.2) is 0 Å². The number of rotatable bonds is 9. The van der Waals surface area contributed by atoms with Gasteiger partial charge in [0.25, 0.3) is 10.0 Å². The first kappa shape index (κ1) is 23.2. The minimum atomic E-state index is -3.84. The second kappa shape index (κ2) is 10.2. The van der Waals surface area contributed by atoms with Crippen LogP contribution in [0.15, 0.2) is 59.5 Å². The monoisotopic (exact) mass is 454 g/mol. The summed E-state index contributed by atoms with van der Waals surface area (Å²) in [6.45, 7) is 5.96. The van der Waals surface area contributed by atoms with Gasteiger partial charge in [0.1, 0.15) is 5.75 Å². The number of carbonyl (C=O) groups is 1. The van der Waals surface area contributed by atoms with Gasteiger partial charge in [-0.25, -0.2) is 23.1 Å². The van der Waals surface area contributed by atoms with E-state index < -0.39 is 10.0 Å². The normalized spacial score (nSPS) is 11.1. The van der Waals surface area contributed by atoms with Gasteiger partial charge < -0.3 is 10.1 Å². The molecule has 0 aliphatic rings. The first-order valence-electron chi connectivity index (χ1n) is 10.2. The third-order valence-corrected chi connectivity index (χ3v) is 5.84. The van der Waals surface area contributed by atoms with E-state index in [4.69, 9.17) is 4.74 Å². The number of nitrogens with one attached hydrogen (secondary N) is 2. The average molecular weight is 455 g/mol. The molecule has 1 aromatic heterocycles. The van der Waals surface area contributed by atoms with Crippen molar-refractivity contribution in [1.82, 2.24) is 9.97 Å². The Kier molecular flexibility index (Phi) is 7.42. The number of amides is 1. The topological polar surface area (TPSA) is 110 Å². The van der Waals surface area contributed by atoms with Crippen LogP contribution in [0.5, 0.6) is 5.75 Å². The zero-order valence-electron chi connectivity index (χ0n) is 18.3. The molecular weight excluding hydrogens is 428 g/mol. The number of aromatic nitrogens is 2. The molecule has 0 fully saturated rings. The van der Waals surface area contributed by atoms with Crippen LogP contribution in [0.25, 0.3) is 0 Å². The van der Waals surface area contributed by atoms with Crippen LogP contribution in [0.3, 0.4) is 0 Å². The van der Waals surface area contributed by atoms with E-state index >= 15 is 0 Å². The van der Waals surface area contributed by atoms with Gasteiger partial charge in [-0.1, -0.05) is 17.7 Å². The van der Waals surface area contributed by atoms with E-state index in [9.17, 15) is 13.2 Å². The van der Waals surface area contributed by atoms with Crippen LogP contribution >= 0.6 is 0 Å². The Balaban J connectivity index is 1.49. The first-order valence-corrected chi connectivity index (χ1v) is 11.6. The maximum atomic E-state index is 12.6. The highest BCUT2D eigenvalue weighted by molar-refractivity contribution is 7.92. The summed E-state index contributed by atoms with van der Waals surface area (Å²) in [5, 5.41) is 2.76. The van der Waals surface area contributed by atoms with Gasteiger partial charge in [-0.05, 0) is 69.7 Å². The van der Waals surface area contributed by atoms with Crippen molar-refractivity contribution in [2.75, 3.05) is 16.6 Å². The quantitative estimate of drug-likeness (QED) is 0.473. The molecule has 0 saturated carbocycles. The van der Waals surface area contributed by atoms with E-state index in [1.54, 1.807) is 19.9 Å². The molecular formula is C23H26N4O4S. The molecule has 0 saturated heterocycles. The summed E-state index contributed by atoms with van der Waals surface area (Å²) in [7, 11) is -3.84. The molecule has 1 heterocycles. The molecule has 0 unspecified atom stereocenters. The number of benzene rings is 2. The van der Waals surface area contributed by atoms with Crippen molar-refractivity contribution < 1.29 is 17.9 Å². The van der Waals surface area contributed by atoms with Crippen molar-refractivity contribution in [3.8, 4) is 5.75 Å². The maximum Gasteiger partial charge on any atom is 0.264 e. The second-order valence-corrected chi connectivity index (χ2v) is 9.10. The van der Waals surface area contributed by atoms with Gasteiger partial charge in [-0.15, -0.1) is 0 Å². The van der Waals surface area contributed by atoms with Crippen LogP contribution in [0.4, 0.5) is 11.6 Å². The molecule has 0 radical (unpaired) electrons. The number of hydrogen-bond acceptors (Lipinski definition) is 6. The molecule has 32 heavy (non-hydrogen) atoms. The number of sulfonamides is 1. The van der Waals surface area contributed by atoms with Crippen molar-refractivity contribution in [2.24, 2.45) is 0 Å². The van der Waals surface area contributed by atoms with Crippen molar-refractivity contribution in [2.45, 2.75) is 38.5 Å². The van der Waals surface area contributed by atoms with Crippen LogP contribution in [0.2, 0.25) is 0 Å². The van der Waals surface area contributed by atoms with Crippen LogP contribution in [-0.4, -0.2) is 30.9 Å². The van der Waals surface area contributed by atoms with Gasteiger partial charge in [-0.3, -0.25) is 4.79 Å². The van der Waals surface area contributed by atoms with Gasteiger partial charge >= 0.3 is 0 Å². The smallest absolute Gasteiger partial charge is 0.264 e. The van der Waals surface area contributed by atoms with E-state index in [1.165, 1.54) is 24.3 Å². The standard InChI is InChI=1S/C23H26N4O4S/c1-16-6-10-20(11-7-16)31-14-4-5-22(28)26-19-8-12-21(13-9-19)32(29,30)27-23-24-17(2)15-18(3)25-23/h6-13,15H,4-5,14H2,1-3H3,(H,26,28)(H,24,25,27). The fourth-order valence-corrected chi connectivity index (χ4v) is 3.89. The van der Waals surface area contributed by atoms with Gasteiger partial charge in [0.2, 0.25) is 11.9 Å². The molecule has 3 rings (SSSR count). The van der Waals surface area contributed by atoms with Crippen molar-refractivity contribution >= 4 is 27.6 Å². The summed E-state index contributed by atoms with van der Waals surface area (Å²) in [6.07, 6.45) is 0.851. The Morgan fingerprint density at radius 3 is 2.19 bits per heavy atom. The summed E-state index contributed by atoms with van der Waals surface area (Å²) in [4.78, 5) is 20.4. The molecule has 8 nitrogen and oxygen atoms in total. The van der Waals surface area contributed by atoms with Gasteiger partial charge in [0, 0.05) is 23.5 Å². The lowest BCUT2D eigenvalue weighted by Crippen LogP contribution is -2.16. The average Bonchev–Trinajstić information content (AvgIpc) is 2.72. The lowest BCUT2D eigenvalue weighted by atomic mass is 10.2. The third kappa shape index (κ3) is 6.78. The summed E-state index contributed by atoms with van der Waals surface area (Å²) in [5.41, 5.74) is 3.00. The SMILES string of the molecule is Cc1ccc(OCCCC(=O)Nc2ccc(S(=O)(=O)Nc3nc(C)cc(C)n3)cc2)cc1. The summed E-state index contributed by atoms with van der Waals surface area (Å²) < 4.78 is 33.1. The van der Waals surface area contributed by atoms with E-state index in [0.29, 0.717) is 30.1 Å². The fourth-order valence-electron chi connectivity index (χ4n) is 2.95. The first-order chi connectivity index (χ1) is 15.2. The number of aryl methyl sites for hydroxylation is 3. The van der Waals surface area contributed by atoms with E-state index in [0.717, 1.165) is 11.3 Å². The van der Waals surface area contributed by atoms with Crippen LogP contribution in [0.1, 0.15) is 29.8 Å². The minimum absolute atomic E-state index is 0.0211. The molecule has 0 atom stereocenters. The molecule has 1 amide bonds.